The molecule has 0 bridgehead atoms. The van der Waals surface area contributed by atoms with E-state index in [1.807, 2.05) is 0 Å². The van der Waals surface area contributed by atoms with Crippen LogP contribution in [0.1, 0.15) is 76.0 Å². The molecule has 2 nitrogen and oxygen atoms in total. The molecule has 1 spiro atoms. The lowest BCUT2D eigenvalue weighted by molar-refractivity contribution is -0.212. The number of nitrogens with one attached hydrogen (secondary N) is 1. The van der Waals surface area contributed by atoms with Crippen LogP contribution in [0.4, 0.5) is 0 Å². The first-order chi connectivity index (χ1) is 14.8. The van der Waals surface area contributed by atoms with Gasteiger partial charge in [-0.2, -0.15) is 0 Å². The number of rotatable bonds is 0. The Morgan fingerprint density at radius 3 is 2.58 bits per heavy atom. The second kappa shape index (κ2) is 6.38. The molecule has 1 heterocycles. The molecule has 0 amide bonds. The van der Waals surface area contributed by atoms with E-state index in [9.17, 15) is 5.11 Å². The van der Waals surface area contributed by atoms with Gasteiger partial charge in [-0.15, -0.1) is 0 Å². The topological polar surface area (TPSA) is 36.0 Å². The van der Waals surface area contributed by atoms with Gasteiger partial charge >= 0.3 is 0 Å². The summed E-state index contributed by atoms with van der Waals surface area (Å²) in [6.45, 7) is 12.1. The van der Waals surface area contributed by atoms with E-state index in [0.717, 1.165) is 12.8 Å². The summed E-state index contributed by atoms with van der Waals surface area (Å²) in [6.07, 6.45) is 5.66. The van der Waals surface area contributed by atoms with Crippen molar-refractivity contribution in [2.24, 2.45) is 28.6 Å². The summed E-state index contributed by atoms with van der Waals surface area (Å²) in [5.74, 6) is 2.22. The van der Waals surface area contributed by atoms with E-state index in [1.165, 1.54) is 46.6 Å². The van der Waals surface area contributed by atoms with Crippen molar-refractivity contribution in [2.75, 3.05) is 0 Å². The lowest BCUT2D eigenvalue weighted by atomic mass is 9.35. The van der Waals surface area contributed by atoms with Gasteiger partial charge in [0.15, 0.2) is 0 Å². The fraction of sp³-hybridized carbons (Fsp3) is 0.586. The molecule has 0 saturated heterocycles. The number of para-hydroxylation sites is 1. The van der Waals surface area contributed by atoms with Gasteiger partial charge in [-0.25, -0.2) is 0 Å². The smallest absolute Gasteiger partial charge is 0.0604 e. The lowest BCUT2D eigenvalue weighted by Crippen LogP contribution is -2.65. The number of fused-ring (bicyclic) bond motifs is 6. The number of aliphatic hydroxyl groups is 1. The molecule has 0 aliphatic heterocycles. The third-order valence-electron chi connectivity index (χ3n) is 10.6. The summed E-state index contributed by atoms with van der Waals surface area (Å²) in [6, 6.07) is 11.2. The summed E-state index contributed by atoms with van der Waals surface area (Å²) >= 11 is 0. The van der Waals surface area contributed by atoms with Crippen LogP contribution in [0, 0.1) is 35.5 Å². The van der Waals surface area contributed by atoms with E-state index in [0.29, 0.717) is 23.7 Å². The highest BCUT2D eigenvalue weighted by atomic mass is 16.3. The molecule has 2 fully saturated rings. The van der Waals surface area contributed by atoms with Gasteiger partial charge in [-0.1, -0.05) is 45.9 Å². The highest BCUT2D eigenvalue weighted by Crippen LogP contribution is 2.73. The first kappa shape index (κ1) is 19.9. The van der Waals surface area contributed by atoms with Crippen LogP contribution in [0.25, 0.3) is 21.8 Å². The molecule has 0 unspecified atom stereocenters. The Hall–Kier alpha value is -1.80. The highest BCUT2D eigenvalue weighted by Gasteiger charge is 2.67. The summed E-state index contributed by atoms with van der Waals surface area (Å²) in [7, 11) is 0. The fourth-order valence-electron chi connectivity index (χ4n) is 9.02. The van der Waals surface area contributed by atoms with Crippen LogP contribution in [0.15, 0.2) is 30.3 Å². The molecule has 2 aromatic carbocycles. The molecule has 2 N–H and O–H groups in total. The molecule has 3 aliphatic carbocycles. The quantitative estimate of drug-likeness (QED) is 0.403. The maximum absolute atomic E-state index is 11.6. The molecular formula is C29H37NO. The van der Waals surface area contributed by atoms with Crippen LogP contribution in [-0.4, -0.2) is 16.2 Å². The summed E-state index contributed by atoms with van der Waals surface area (Å²) < 4.78 is 0. The molecule has 3 aromatic rings. The number of aromatic nitrogens is 1. The first-order valence-corrected chi connectivity index (χ1v) is 12.5. The zero-order valence-electron chi connectivity index (χ0n) is 19.8. The molecule has 0 radical (unpaired) electrons. The predicted octanol–water partition coefficient (Wildman–Crippen LogP) is 7.12. The van der Waals surface area contributed by atoms with E-state index < -0.39 is 0 Å². The number of aliphatic hydroxyl groups excluding tert-OH is 1. The Morgan fingerprint density at radius 1 is 1.03 bits per heavy atom. The van der Waals surface area contributed by atoms with Gasteiger partial charge in [-0.05, 0) is 96.9 Å². The SMILES string of the molecule is Cc1cc2[nH]c3ccccc3c2c2c1CC[C@]13[C@H]2[C@H](C)C[C@@H](O)[C@@]1(C)[C@H](C)CC[C@@H]3C. The molecule has 2 heteroatoms. The van der Waals surface area contributed by atoms with Crippen LogP contribution >= 0.6 is 0 Å². The third-order valence-corrected chi connectivity index (χ3v) is 10.6. The van der Waals surface area contributed by atoms with Crippen molar-refractivity contribution in [1.82, 2.24) is 4.98 Å². The van der Waals surface area contributed by atoms with E-state index >= 15 is 0 Å². The number of benzene rings is 2. The van der Waals surface area contributed by atoms with Crippen molar-refractivity contribution in [3.8, 4) is 0 Å². The number of H-pyrrole nitrogens is 1. The molecule has 1 aromatic heterocycles. The van der Waals surface area contributed by atoms with Gasteiger partial charge in [0.05, 0.1) is 6.10 Å². The van der Waals surface area contributed by atoms with Crippen molar-refractivity contribution in [3.63, 3.8) is 0 Å². The minimum Gasteiger partial charge on any atom is -0.393 e. The van der Waals surface area contributed by atoms with Gasteiger partial charge in [0.25, 0.3) is 0 Å². The standard InChI is InChI=1S/C29H37NO/c1-16-14-23-25(21-8-6-7-9-22(21)30-23)26-20(16)12-13-29-19(4)11-10-18(3)28(29,5)24(31)15-17(2)27(26)29/h6-9,14,17-19,24,27,30-31H,10-13,15H2,1-5H3/t17-,18-,19+,24-,27+,28-,29+/m1/s1. The molecule has 6 rings (SSSR count). The van der Waals surface area contributed by atoms with E-state index in [2.05, 4.69) is 69.9 Å². The zero-order valence-corrected chi connectivity index (χ0v) is 19.8. The molecule has 2 saturated carbocycles. The lowest BCUT2D eigenvalue weighted by Gasteiger charge is -2.69. The van der Waals surface area contributed by atoms with Gasteiger partial charge in [-0.3, -0.25) is 0 Å². The maximum Gasteiger partial charge on any atom is 0.0604 e. The first-order valence-electron chi connectivity index (χ1n) is 12.5. The summed E-state index contributed by atoms with van der Waals surface area (Å²) in [5, 5.41) is 14.4. The number of hydrogen-bond acceptors (Lipinski definition) is 1. The molecular weight excluding hydrogens is 378 g/mol. The zero-order chi connectivity index (χ0) is 21.7. The van der Waals surface area contributed by atoms with Crippen LogP contribution in [-0.2, 0) is 6.42 Å². The predicted molar refractivity (Wildman–Crippen MR) is 129 cm³/mol. The molecule has 7 atom stereocenters. The Bertz CT molecular complexity index is 1190. The Kier molecular flexibility index (Phi) is 4.08. The van der Waals surface area contributed by atoms with Crippen LogP contribution in [0.5, 0.6) is 0 Å². The highest BCUT2D eigenvalue weighted by molar-refractivity contribution is 6.10. The third kappa shape index (κ3) is 2.23. The normalized spacial score (nSPS) is 39.9. The number of aryl methyl sites for hydroxylation is 1. The second-order valence-corrected chi connectivity index (χ2v) is 11.6. The van der Waals surface area contributed by atoms with Gasteiger partial charge < -0.3 is 10.1 Å². The van der Waals surface area contributed by atoms with E-state index in [-0.39, 0.29) is 16.9 Å². The maximum atomic E-state index is 11.6. The molecule has 3 aliphatic rings. The van der Waals surface area contributed by atoms with Crippen LogP contribution in [0.3, 0.4) is 0 Å². The van der Waals surface area contributed by atoms with Gasteiger partial charge in [0.2, 0.25) is 0 Å². The fourth-order valence-corrected chi connectivity index (χ4v) is 9.02. The average molecular weight is 416 g/mol. The second-order valence-electron chi connectivity index (χ2n) is 11.6. The molecule has 31 heavy (non-hydrogen) atoms. The van der Waals surface area contributed by atoms with Crippen LogP contribution in [0.2, 0.25) is 0 Å². The van der Waals surface area contributed by atoms with Crippen molar-refractivity contribution in [2.45, 2.75) is 78.7 Å². The van der Waals surface area contributed by atoms with Gasteiger partial charge in [0, 0.05) is 27.2 Å². The average Bonchev–Trinajstić information content (AvgIpc) is 3.11. The molecule has 164 valence electrons. The number of aromatic amines is 1. The Labute approximate surface area is 186 Å². The van der Waals surface area contributed by atoms with Crippen molar-refractivity contribution in [1.29, 1.82) is 0 Å². The Morgan fingerprint density at radius 2 is 1.77 bits per heavy atom. The van der Waals surface area contributed by atoms with E-state index in [4.69, 9.17) is 0 Å². The van der Waals surface area contributed by atoms with Gasteiger partial charge in [0.1, 0.15) is 0 Å². The minimum atomic E-state index is -0.193. The number of hydrogen-bond donors (Lipinski definition) is 2. The summed E-state index contributed by atoms with van der Waals surface area (Å²) in [5.41, 5.74) is 7.39. The van der Waals surface area contributed by atoms with Crippen molar-refractivity contribution >= 4 is 21.8 Å². The van der Waals surface area contributed by atoms with Crippen molar-refractivity contribution < 1.29 is 5.11 Å². The largest absolute Gasteiger partial charge is 0.393 e. The minimum absolute atomic E-state index is 0.0122. The summed E-state index contributed by atoms with van der Waals surface area (Å²) in [4.78, 5) is 3.74. The van der Waals surface area contributed by atoms with E-state index in [1.54, 1.807) is 11.1 Å². The monoisotopic (exact) mass is 415 g/mol. The Balaban J connectivity index is 1.73. The van der Waals surface area contributed by atoms with Crippen molar-refractivity contribution in [3.05, 3.63) is 47.0 Å². The van der Waals surface area contributed by atoms with Crippen LogP contribution < -0.4 is 0 Å².